The normalized spacial score (nSPS) is 12.7. The Kier molecular flexibility index (Phi) is 5.69. The van der Waals surface area contributed by atoms with Crippen LogP contribution in [-0.2, 0) is 19.4 Å². The first-order valence-corrected chi connectivity index (χ1v) is 8.08. The summed E-state index contributed by atoms with van der Waals surface area (Å²) in [5, 5.41) is 11.6. The van der Waals surface area contributed by atoms with Crippen LogP contribution in [0.25, 0.3) is 0 Å². The van der Waals surface area contributed by atoms with Crippen LogP contribution in [0.4, 0.5) is 0 Å². The molecule has 7 heteroatoms. The Bertz CT molecular complexity index is 568. The molecule has 0 aliphatic rings. The molecule has 2 N–H and O–H groups in total. The minimum absolute atomic E-state index is 0.0675. The first kappa shape index (κ1) is 16.2. The van der Waals surface area contributed by atoms with E-state index in [0.29, 0.717) is 5.56 Å². The molecule has 1 unspecified atom stereocenters. The number of carbonyl (C=O) groups excluding carboxylic acids is 1. The van der Waals surface area contributed by atoms with Gasteiger partial charge in [0.25, 0.3) is 0 Å². The number of rotatable bonds is 7. The van der Waals surface area contributed by atoms with Crippen molar-refractivity contribution in [3.8, 4) is 0 Å². The fourth-order valence-corrected chi connectivity index (χ4v) is 2.17. The fraction of sp³-hybridized carbons (Fsp3) is 0.385. The minimum atomic E-state index is -3.20. The van der Waals surface area contributed by atoms with Crippen LogP contribution in [0.15, 0.2) is 30.3 Å². The summed E-state index contributed by atoms with van der Waals surface area (Å²) in [5.41, 5.74) is 0.586. The second kappa shape index (κ2) is 7.04. The lowest BCUT2D eigenvalue weighted by Gasteiger charge is -2.13. The molecule has 0 fully saturated rings. The van der Waals surface area contributed by atoms with Gasteiger partial charge >= 0.3 is 5.97 Å². The first-order valence-electron chi connectivity index (χ1n) is 6.02. The number of amides is 1. The molecule has 0 aromatic heterocycles. The van der Waals surface area contributed by atoms with E-state index in [2.05, 4.69) is 5.32 Å². The van der Waals surface area contributed by atoms with Gasteiger partial charge in [-0.1, -0.05) is 30.3 Å². The monoisotopic (exact) mass is 299 g/mol. The zero-order chi connectivity index (χ0) is 15.2. The van der Waals surface area contributed by atoms with E-state index in [1.165, 1.54) is 0 Å². The molecule has 0 saturated heterocycles. The third kappa shape index (κ3) is 5.83. The molecule has 0 aliphatic carbocycles. The van der Waals surface area contributed by atoms with E-state index in [-0.39, 0.29) is 18.7 Å². The zero-order valence-corrected chi connectivity index (χ0v) is 11.9. The van der Waals surface area contributed by atoms with Gasteiger partial charge in [0, 0.05) is 19.2 Å². The molecule has 0 aliphatic heterocycles. The van der Waals surface area contributed by atoms with Gasteiger partial charge in [-0.05, 0) is 5.56 Å². The predicted octanol–water partition coefficient (Wildman–Crippen LogP) is 0.406. The van der Waals surface area contributed by atoms with E-state index in [4.69, 9.17) is 5.11 Å². The van der Waals surface area contributed by atoms with Crippen molar-refractivity contribution in [3.63, 3.8) is 0 Å². The molecule has 0 radical (unpaired) electrons. The van der Waals surface area contributed by atoms with Gasteiger partial charge in [0.05, 0.1) is 11.7 Å². The molecule has 110 valence electrons. The maximum Gasteiger partial charge on any atom is 0.312 e. The molecule has 1 aromatic rings. The maximum atomic E-state index is 11.5. The van der Waals surface area contributed by atoms with Crippen molar-refractivity contribution in [1.29, 1.82) is 0 Å². The van der Waals surface area contributed by atoms with Crippen molar-refractivity contribution in [1.82, 2.24) is 5.32 Å². The SMILES string of the molecule is CS(=O)(=O)CCC(=O)NCC(C(=O)O)c1ccccc1. The van der Waals surface area contributed by atoms with Crippen LogP contribution in [0.3, 0.4) is 0 Å². The summed E-state index contributed by atoms with van der Waals surface area (Å²) in [4.78, 5) is 22.7. The van der Waals surface area contributed by atoms with Gasteiger partial charge in [0.15, 0.2) is 0 Å². The third-order valence-corrected chi connectivity index (χ3v) is 3.65. The van der Waals surface area contributed by atoms with Gasteiger partial charge in [0.1, 0.15) is 9.84 Å². The quantitative estimate of drug-likeness (QED) is 0.759. The molecule has 0 spiro atoms. The van der Waals surface area contributed by atoms with Gasteiger partial charge in [-0.15, -0.1) is 0 Å². The Labute approximate surface area is 117 Å². The summed E-state index contributed by atoms with van der Waals surface area (Å²) in [7, 11) is -3.20. The highest BCUT2D eigenvalue weighted by atomic mass is 32.2. The lowest BCUT2D eigenvalue weighted by molar-refractivity contribution is -0.138. The van der Waals surface area contributed by atoms with Crippen LogP contribution in [0, 0.1) is 0 Å². The topological polar surface area (TPSA) is 101 Å². The minimum Gasteiger partial charge on any atom is -0.481 e. The number of hydrogen-bond donors (Lipinski definition) is 2. The Morgan fingerprint density at radius 2 is 1.85 bits per heavy atom. The molecule has 0 saturated carbocycles. The molecule has 1 atom stereocenters. The largest absolute Gasteiger partial charge is 0.481 e. The highest BCUT2D eigenvalue weighted by Crippen LogP contribution is 2.14. The molecule has 0 bridgehead atoms. The number of carboxylic acid groups (broad SMARTS) is 1. The summed E-state index contributed by atoms with van der Waals surface area (Å²) in [6, 6.07) is 8.55. The van der Waals surface area contributed by atoms with Crippen molar-refractivity contribution >= 4 is 21.7 Å². The molecular formula is C13H17NO5S. The smallest absolute Gasteiger partial charge is 0.312 e. The van der Waals surface area contributed by atoms with Crippen LogP contribution in [0.2, 0.25) is 0 Å². The number of sulfone groups is 1. The fourth-order valence-electron chi connectivity index (χ4n) is 1.62. The lowest BCUT2D eigenvalue weighted by atomic mass is 9.99. The number of benzene rings is 1. The number of carbonyl (C=O) groups is 2. The molecule has 1 rings (SSSR count). The standard InChI is InChI=1S/C13H17NO5S/c1-20(18,19)8-7-12(15)14-9-11(13(16)17)10-5-3-2-4-6-10/h2-6,11H,7-9H2,1H3,(H,14,15)(H,16,17). The van der Waals surface area contributed by atoms with E-state index in [9.17, 15) is 18.0 Å². The van der Waals surface area contributed by atoms with Crippen molar-refractivity contribution in [3.05, 3.63) is 35.9 Å². The zero-order valence-electron chi connectivity index (χ0n) is 11.1. The summed E-state index contributed by atoms with van der Waals surface area (Å²) in [6.07, 6.45) is 0.879. The van der Waals surface area contributed by atoms with Crippen molar-refractivity contribution < 1.29 is 23.1 Å². The number of aliphatic carboxylic acids is 1. The second-order valence-electron chi connectivity index (χ2n) is 4.49. The van der Waals surface area contributed by atoms with Crippen molar-refractivity contribution in [2.75, 3.05) is 18.6 Å². The Hall–Kier alpha value is -1.89. The van der Waals surface area contributed by atoms with Crippen LogP contribution < -0.4 is 5.32 Å². The Morgan fingerprint density at radius 1 is 1.25 bits per heavy atom. The third-order valence-electron chi connectivity index (χ3n) is 2.70. The summed E-state index contributed by atoms with van der Waals surface area (Å²) in [5.74, 6) is -2.61. The summed E-state index contributed by atoms with van der Waals surface area (Å²) in [6.45, 7) is -0.0675. The average molecular weight is 299 g/mol. The Balaban J connectivity index is 2.57. The van der Waals surface area contributed by atoms with Crippen LogP contribution in [0.1, 0.15) is 17.9 Å². The van der Waals surface area contributed by atoms with Gasteiger partial charge in [-0.3, -0.25) is 9.59 Å². The highest BCUT2D eigenvalue weighted by molar-refractivity contribution is 7.90. The highest BCUT2D eigenvalue weighted by Gasteiger charge is 2.20. The van der Waals surface area contributed by atoms with Gasteiger partial charge < -0.3 is 10.4 Å². The first-order chi connectivity index (χ1) is 9.29. The van der Waals surface area contributed by atoms with Gasteiger partial charge in [-0.25, -0.2) is 8.42 Å². The van der Waals surface area contributed by atoms with Crippen molar-refractivity contribution in [2.24, 2.45) is 0 Å². The van der Waals surface area contributed by atoms with Gasteiger partial charge in [-0.2, -0.15) is 0 Å². The van der Waals surface area contributed by atoms with E-state index in [1.54, 1.807) is 30.3 Å². The van der Waals surface area contributed by atoms with Gasteiger partial charge in [0.2, 0.25) is 5.91 Å². The maximum absolute atomic E-state index is 11.5. The van der Waals surface area contributed by atoms with Crippen LogP contribution in [-0.4, -0.2) is 44.0 Å². The number of carboxylic acids is 1. The lowest BCUT2D eigenvalue weighted by Crippen LogP contribution is -2.32. The second-order valence-corrected chi connectivity index (χ2v) is 6.75. The molecular weight excluding hydrogens is 282 g/mol. The van der Waals surface area contributed by atoms with Crippen LogP contribution >= 0.6 is 0 Å². The average Bonchev–Trinajstić information content (AvgIpc) is 2.36. The predicted molar refractivity (Wildman–Crippen MR) is 74.2 cm³/mol. The molecule has 1 amide bonds. The number of nitrogens with one attached hydrogen (secondary N) is 1. The van der Waals surface area contributed by atoms with E-state index in [0.717, 1.165) is 6.26 Å². The Morgan fingerprint density at radius 3 is 2.35 bits per heavy atom. The van der Waals surface area contributed by atoms with E-state index < -0.39 is 27.6 Å². The van der Waals surface area contributed by atoms with Crippen molar-refractivity contribution in [2.45, 2.75) is 12.3 Å². The molecule has 6 nitrogen and oxygen atoms in total. The summed E-state index contributed by atoms with van der Waals surface area (Å²) >= 11 is 0. The molecule has 0 heterocycles. The summed E-state index contributed by atoms with van der Waals surface area (Å²) < 4.78 is 21.9. The molecule has 20 heavy (non-hydrogen) atoms. The van der Waals surface area contributed by atoms with E-state index in [1.807, 2.05) is 0 Å². The number of hydrogen-bond acceptors (Lipinski definition) is 4. The molecule has 1 aromatic carbocycles. The van der Waals surface area contributed by atoms with Crippen LogP contribution in [0.5, 0.6) is 0 Å². The van der Waals surface area contributed by atoms with E-state index >= 15 is 0 Å².